The second kappa shape index (κ2) is 7.45. The molecule has 0 radical (unpaired) electrons. The number of aryl methyl sites for hydroxylation is 1. The quantitative estimate of drug-likeness (QED) is 0.557. The molecule has 1 fully saturated rings. The zero-order valence-electron chi connectivity index (χ0n) is 12.9. The molecule has 1 aromatic rings. The van der Waals surface area contributed by atoms with Crippen LogP contribution in [0.25, 0.3) is 0 Å². The lowest BCUT2D eigenvalue weighted by Gasteiger charge is -2.09. The summed E-state index contributed by atoms with van der Waals surface area (Å²) in [7, 11) is 0. The van der Waals surface area contributed by atoms with Gasteiger partial charge in [0, 0.05) is 26.2 Å². The molecule has 1 heterocycles. The van der Waals surface area contributed by atoms with Gasteiger partial charge in [-0.25, -0.2) is 9.78 Å². The second-order valence-electron chi connectivity index (χ2n) is 5.36. The number of nitrogens with zero attached hydrogens (tertiary/aromatic N) is 2. The molecule has 6 heteroatoms. The first-order valence-electron chi connectivity index (χ1n) is 7.77. The molecule has 6 nitrogen and oxygen atoms in total. The van der Waals surface area contributed by atoms with Crippen LogP contribution in [0.4, 0.5) is 5.82 Å². The van der Waals surface area contributed by atoms with Crippen molar-refractivity contribution in [2.24, 2.45) is 5.92 Å². The predicted molar refractivity (Wildman–Crippen MR) is 80.1 cm³/mol. The number of imidazole rings is 1. The number of carbonyl (C=O) groups is 1. The smallest absolute Gasteiger partial charge is 0.360 e. The van der Waals surface area contributed by atoms with Crippen LogP contribution in [-0.4, -0.2) is 35.3 Å². The number of hydrogen-bond acceptors (Lipinski definition) is 5. The monoisotopic (exact) mass is 295 g/mol. The largest absolute Gasteiger partial charge is 0.461 e. The van der Waals surface area contributed by atoms with E-state index >= 15 is 0 Å². The Kier molecular flexibility index (Phi) is 5.61. The van der Waals surface area contributed by atoms with Crippen molar-refractivity contribution in [3.8, 4) is 0 Å². The summed E-state index contributed by atoms with van der Waals surface area (Å²) < 4.78 is 12.5. The fourth-order valence-corrected chi connectivity index (χ4v) is 2.24. The van der Waals surface area contributed by atoms with Crippen LogP contribution in [0.1, 0.15) is 49.4 Å². The van der Waals surface area contributed by atoms with E-state index in [-0.39, 0.29) is 5.69 Å². The van der Waals surface area contributed by atoms with Gasteiger partial charge in [0.25, 0.3) is 0 Å². The van der Waals surface area contributed by atoms with E-state index < -0.39 is 5.97 Å². The minimum absolute atomic E-state index is 0.229. The van der Waals surface area contributed by atoms with Crippen LogP contribution in [-0.2, 0) is 22.4 Å². The van der Waals surface area contributed by atoms with Gasteiger partial charge in [0.1, 0.15) is 11.6 Å². The highest BCUT2D eigenvalue weighted by atomic mass is 16.5. The topological polar surface area (TPSA) is 79.4 Å². The molecule has 2 N–H and O–H groups in total. The number of hydrogen-bond donors (Lipinski definition) is 1. The third-order valence-electron chi connectivity index (χ3n) is 3.59. The van der Waals surface area contributed by atoms with Gasteiger partial charge in [0.15, 0.2) is 5.69 Å². The van der Waals surface area contributed by atoms with Crippen molar-refractivity contribution in [2.75, 3.05) is 25.6 Å². The third-order valence-corrected chi connectivity index (χ3v) is 3.59. The molecule has 0 spiro atoms. The molecule has 0 bridgehead atoms. The Morgan fingerprint density at radius 1 is 1.43 bits per heavy atom. The van der Waals surface area contributed by atoms with Gasteiger partial charge in [-0.05, 0) is 32.1 Å². The first kappa shape index (κ1) is 15.8. The summed E-state index contributed by atoms with van der Waals surface area (Å²) in [5.74, 6) is 1.55. The fourth-order valence-electron chi connectivity index (χ4n) is 2.24. The minimum Gasteiger partial charge on any atom is -0.461 e. The van der Waals surface area contributed by atoms with Crippen molar-refractivity contribution in [1.82, 2.24) is 9.55 Å². The van der Waals surface area contributed by atoms with Crippen LogP contribution in [0.5, 0.6) is 0 Å². The number of ether oxygens (including phenoxy) is 2. The number of rotatable bonds is 9. The Bertz CT molecular complexity index is 481. The standard InChI is InChI=1S/C15H25N3O3/c1-3-12-17-13(15(19)21-4-2)14(16)18(12)8-5-9-20-10-11-6-7-11/h11H,3-10,16H2,1-2H3. The molecule has 1 aromatic heterocycles. The third kappa shape index (κ3) is 4.20. The van der Waals surface area contributed by atoms with Gasteiger partial charge < -0.3 is 19.8 Å². The highest BCUT2D eigenvalue weighted by Gasteiger charge is 2.22. The van der Waals surface area contributed by atoms with Gasteiger partial charge in [-0.2, -0.15) is 0 Å². The second-order valence-corrected chi connectivity index (χ2v) is 5.36. The van der Waals surface area contributed by atoms with Crippen LogP contribution in [0.2, 0.25) is 0 Å². The zero-order valence-corrected chi connectivity index (χ0v) is 12.9. The van der Waals surface area contributed by atoms with Crippen LogP contribution in [0, 0.1) is 5.92 Å². The Hall–Kier alpha value is -1.56. The van der Waals surface area contributed by atoms with Crippen LogP contribution in [0.15, 0.2) is 0 Å². The Balaban J connectivity index is 1.91. The lowest BCUT2D eigenvalue weighted by atomic mass is 10.4. The molecule has 1 aliphatic rings. The molecule has 0 unspecified atom stereocenters. The van der Waals surface area contributed by atoms with E-state index in [1.165, 1.54) is 12.8 Å². The average Bonchev–Trinajstić information content (AvgIpc) is 3.23. The SMILES string of the molecule is CCOC(=O)c1nc(CC)n(CCCOCC2CC2)c1N. The fraction of sp³-hybridized carbons (Fsp3) is 0.733. The summed E-state index contributed by atoms with van der Waals surface area (Å²) in [6.45, 7) is 6.38. The zero-order chi connectivity index (χ0) is 15.2. The van der Waals surface area contributed by atoms with Crippen LogP contribution >= 0.6 is 0 Å². The molecule has 1 saturated carbocycles. The van der Waals surface area contributed by atoms with E-state index in [1.54, 1.807) is 6.92 Å². The van der Waals surface area contributed by atoms with E-state index in [0.29, 0.717) is 25.6 Å². The Labute approximate surface area is 125 Å². The van der Waals surface area contributed by atoms with E-state index in [0.717, 1.165) is 31.2 Å². The van der Waals surface area contributed by atoms with E-state index in [1.807, 2.05) is 11.5 Å². The van der Waals surface area contributed by atoms with Crippen molar-refractivity contribution >= 4 is 11.8 Å². The normalized spacial score (nSPS) is 14.4. The summed E-state index contributed by atoms with van der Waals surface area (Å²) in [6.07, 6.45) is 4.20. The first-order valence-corrected chi connectivity index (χ1v) is 7.77. The lowest BCUT2D eigenvalue weighted by molar-refractivity contribution is 0.0521. The maximum absolute atomic E-state index is 11.8. The van der Waals surface area contributed by atoms with Gasteiger partial charge in [-0.1, -0.05) is 6.92 Å². The van der Waals surface area contributed by atoms with E-state index in [9.17, 15) is 4.79 Å². The van der Waals surface area contributed by atoms with Crippen molar-refractivity contribution in [3.05, 3.63) is 11.5 Å². The molecule has 2 rings (SSSR count). The van der Waals surface area contributed by atoms with Gasteiger partial charge in [0.2, 0.25) is 0 Å². The highest BCUT2D eigenvalue weighted by Crippen LogP contribution is 2.28. The van der Waals surface area contributed by atoms with Crippen molar-refractivity contribution in [3.63, 3.8) is 0 Å². The molecular formula is C15H25N3O3. The first-order chi connectivity index (χ1) is 10.2. The van der Waals surface area contributed by atoms with E-state index in [2.05, 4.69) is 4.98 Å². The molecule has 118 valence electrons. The summed E-state index contributed by atoms with van der Waals surface area (Å²) >= 11 is 0. The average molecular weight is 295 g/mol. The maximum Gasteiger partial charge on any atom is 0.360 e. The van der Waals surface area contributed by atoms with Crippen molar-refractivity contribution < 1.29 is 14.3 Å². The summed E-state index contributed by atoms with van der Waals surface area (Å²) in [5.41, 5.74) is 6.27. The minimum atomic E-state index is -0.451. The molecule has 0 atom stereocenters. The van der Waals surface area contributed by atoms with Crippen molar-refractivity contribution in [1.29, 1.82) is 0 Å². The number of anilines is 1. The molecular weight excluding hydrogens is 270 g/mol. The summed E-state index contributed by atoms with van der Waals surface area (Å²) in [4.78, 5) is 16.1. The Morgan fingerprint density at radius 2 is 2.19 bits per heavy atom. The summed E-state index contributed by atoms with van der Waals surface area (Å²) in [6, 6.07) is 0. The van der Waals surface area contributed by atoms with Crippen LogP contribution in [0.3, 0.4) is 0 Å². The number of aromatic nitrogens is 2. The molecule has 0 saturated heterocycles. The highest BCUT2D eigenvalue weighted by molar-refractivity contribution is 5.92. The predicted octanol–water partition coefficient (Wildman–Crippen LogP) is 2.02. The lowest BCUT2D eigenvalue weighted by Crippen LogP contribution is -2.11. The van der Waals surface area contributed by atoms with Gasteiger partial charge in [-0.3, -0.25) is 0 Å². The summed E-state index contributed by atoms with van der Waals surface area (Å²) in [5, 5.41) is 0. The Morgan fingerprint density at radius 3 is 2.81 bits per heavy atom. The molecule has 0 amide bonds. The number of nitrogen functional groups attached to an aromatic ring is 1. The van der Waals surface area contributed by atoms with Gasteiger partial charge >= 0.3 is 5.97 Å². The number of esters is 1. The van der Waals surface area contributed by atoms with Crippen molar-refractivity contribution in [2.45, 2.75) is 46.1 Å². The maximum atomic E-state index is 11.8. The molecule has 1 aliphatic carbocycles. The van der Waals surface area contributed by atoms with Gasteiger partial charge in [-0.15, -0.1) is 0 Å². The van der Waals surface area contributed by atoms with Gasteiger partial charge in [0.05, 0.1) is 6.61 Å². The molecule has 0 aromatic carbocycles. The molecule has 21 heavy (non-hydrogen) atoms. The van der Waals surface area contributed by atoms with E-state index in [4.69, 9.17) is 15.2 Å². The molecule has 0 aliphatic heterocycles. The number of carbonyl (C=O) groups excluding carboxylic acids is 1. The van der Waals surface area contributed by atoms with Crippen LogP contribution < -0.4 is 5.73 Å². The number of nitrogens with two attached hydrogens (primary N) is 1.